The lowest BCUT2D eigenvalue weighted by Gasteiger charge is -2.01. The summed E-state index contributed by atoms with van der Waals surface area (Å²) in [5.74, 6) is 0.409. The molecule has 10 heavy (non-hydrogen) atoms. The van der Waals surface area contributed by atoms with Crippen LogP contribution in [0.5, 0.6) is 0 Å². The van der Waals surface area contributed by atoms with E-state index in [1.807, 2.05) is 18.2 Å². The van der Waals surface area contributed by atoms with Gasteiger partial charge in [-0.25, -0.2) is 0 Å². The van der Waals surface area contributed by atoms with Crippen LogP contribution in [0.2, 0.25) is 0 Å². The maximum Gasteiger partial charge on any atom is 0.187 e. The quantitative estimate of drug-likeness (QED) is 0.530. The number of rotatable bonds is 1. The zero-order chi connectivity index (χ0) is 6.69. The highest BCUT2D eigenvalue weighted by atomic mass is 27.0. The Bertz CT molecular complexity index is 167. The average Bonchev–Trinajstić information content (AvgIpc) is 1.90. The summed E-state index contributed by atoms with van der Waals surface area (Å²) in [5.41, 5.74) is 1.30. The molecule has 1 unspecified atom stereocenters. The summed E-state index contributed by atoms with van der Waals surface area (Å²) in [6, 6.07) is 10.3. The Balaban J connectivity index is 0.000000810. The normalized spacial score (nSPS) is 9.10. The summed E-state index contributed by atoms with van der Waals surface area (Å²) < 4.78 is 0. The highest BCUT2D eigenvalue weighted by molar-refractivity contribution is 5.75. The van der Waals surface area contributed by atoms with E-state index >= 15 is 0 Å². The molecular weight excluding hydrogens is 135 g/mol. The van der Waals surface area contributed by atoms with Gasteiger partial charge in [0.15, 0.2) is 17.4 Å². The van der Waals surface area contributed by atoms with Crippen molar-refractivity contribution < 1.29 is 0 Å². The van der Waals surface area contributed by atoms with E-state index in [2.05, 4.69) is 26.0 Å². The van der Waals surface area contributed by atoms with Crippen molar-refractivity contribution in [2.75, 3.05) is 0 Å². The van der Waals surface area contributed by atoms with Gasteiger partial charge in [-0.3, -0.25) is 0 Å². The second-order valence-electron chi connectivity index (χ2n) is 2.31. The molecule has 1 aromatic rings. The summed E-state index contributed by atoms with van der Waals surface area (Å²) >= 11 is 0. The molecule has 0 saturated heterocycles. The topological polar surface area (TPSA) is 0 Å². The third kappa shape index (κ3) is 2.56. The van der Waals surface area contributed by atoms with Crippen LogP contribution in [0.3, 0.4) is 0 Å². The molecule has 0 saturated carbocycles. The zero-order valence-electron chi connectivity index (χ0n) is 5.67. The summed E-state index contributed by atoms with van der Waals surface area (Å²) in [6.45, 7) is 6.00. The Morgan fingerprint density at radius 2 is 1.70 bits per heavy atom. The largest absolute Gasteiger partial charge is 0.187 e. The summed E-state index contributed by atoms with van der Waals surface area (Å²) in [6.07, 6.45) is 0. The fraction of sp³-hybridized carbons (Fsp3) is 0.222. The molecule has 1 rings (SSSR count). The van der Waals surface area contributed by atoms with Crippen molar-refractivity contribution in [1.29, 1.82) is 0 Å². The Hall–Kier alpha value is -0.248. The van der Waals surface area contributed by atoms with E-state index in [0.29, 0.717) is 5.92 Å². The first-order valence-electron chi connectivity index (χ1n) is 3.18. The monoisotopic (exact) mass is 149 g/mol. The lowest BCUT2D eigenvalue weighted by atomic mass is 10.0. The van der Waals surface area contributed by atoms with Gasteiger partial charge >= 0.3 is 0 Å². The highest BCUT2D eigenvalue weighted by Gasteiger charge is 1.93. The van der Waals surface area contributed by atoms with Crippen LogP contribution in [0.1, 0.15) is 18.4 Å². The Morgan fingerprint density at radius 1 is 1.20 bits per heavy atom. The fourth-order valence-corrected chi connectivity index (χ4v) is 0.782. The lowest BCUT2D eigenvalue weighted by molar-refractivity contribution is 0.964. The number of benzene rings is 1. The number of hydrogen-bond donors (Lipinski definition) is 0. The van der Waals surface area contributed by atoms with Gasteiger partial charge in [0, 0.05) is 0 Å². The van der Waals surface area contributed by atoms with Crippen molar-refractivity contribution in [3.63, 3.8) is 0 Å². The summed E-state index contributed by atoms with van der Waals surface area (Å²) in [5, 5.41) is 0. The molecule has 0 nitrogen and oxygen atoms in total. The Kier molecular flexibility index (Phi) is 4.44. The zero-order valence-corrected chi connectivity index (χ0v) is 5.67. The van der Waals surface area contributed by atoms with Gasteiger partial charge in [0.25, 0.3) is 0 Å². The number of hydrogen-bond acceptors (Lipinski definition) is 0. The average molecular weight is 149 g/mol. The molecule has 0 aliphatic rings. The lowest BCUT2D eigenvalue weighted by Crippen LogP contribution is -1.83. The van der Waals surface area contributed by atoms with Gasteiger partial charge in [0.1, 0.15) is 0 Å². The Morgan fingerprint density at radius 3 is 2.00 bits per heavy atom. The minimum atomic E-state index is 0. The van der Waals surface area contributed by atoms with Gasteiger partial charge in [-0.1, -0.05) is 37.3 Å². The van der Waals surface area contributed by atoms with E-state index in [9.17, 15) is 0 Å². The standard InChI is InChI=1S/C9H11.Al.3H/c1-8(2)9-6-4-3-5-7-9;;;;/h3-8H,1H2,2H3;;;;. The molecule has 0 aromatic heterocycles. The van der Waals surface area contributed by atoms with Gasteiger partial charge in [0.05, 0.1) is 0 Å². The van der Waals surface area contributed by atoms with Crippen LogP contribution in [0, 0.1) is 6.92 Å². The first-order chi connectivity index (χ1) is 4.30. The van der Waals surface area contributed by atoms with Crippen molar-refractivity contribution in [3.05, 3.63) is 42.8 Å². The van der Waals surface area contributed by atoms with Crippen molar-refractivity contribution in [3.8, 4) is 0 Å². The second-order valence-corrected chi connectivity index (χ2v) is 2.31. The van der Waals surface area contributed by atoms with Crippen molar-refractivity contribution in [2.45, 2.75) is 12.8 Å². The molecule has 0 aliphatic heterocycles. The van der Waals surface area contributed by atoms with E-state index in [4.69, 9.17) is 0 Å². The van der Waals surface area contributed by atoms with Crippen LogP contribution in [-0.4, -0.2) is 17.4 Å². The molecule has 1 heteroatoms. The predicted molar refractivity (Wildman–Crippen MR) is 50.2 cm³/mol. The van der Waals surface area contributed by atoms with Crippen LogP contribution in [0.4, 0.5) is 0 Å². The fourth-order valence-electron chi connectivity index (χ4n) is 0.782. The van der Waals surface area contributed by atoms with Crippen molar-refractivity contribution in [1.82, 2.24) is 0 Å². The van der Waals surface area contributed by atoms with Crippen molar-refractivity contribution in [2.24, 2.45) is 0 Å². The van der Waals surface area contributed by atoms with Gasteiger partial charge < -0.3 is 0 Å². The first kappa shape index (κ1) is 9.75. The van der Waals surface area contributed by atoms with E-state index in [0.717, 1.165) is 0 Å². The van der Waals surface area contributed by atoms with Gasteiger partial charge in [0.2, 0.25) is 0 Å². The minimum absolute atomic E-state index is 0. The highest BCUT2D eigenvalue weighted by Crippen LogP contribution is 2.11. The summed E-state index contributed by atoms with van der Waals surface area (Å²) in [7, 11) is 0. The molecule has 53 valence electrons. The summed E-state index contributed by atoms with van der Waals surface area (Å²) in [4.78, 5) is 0. The second kappa shape index (κ2) is 4.55. The maximum atomic E-state index is 3.91. The third-order valence-corrected chi connectivity index (χ3v) is 1.37. The maximum absolute atomic E-state index is 3.91. The molecule has 0 N–H and O–H groups in total. The van der Waals surface area contributed by atoms with Gasteiger partial charge in [-0.15, -0.1) is 0 Å². The predicted octanol–water partition coefficient (Wildman–Crippen LogP) is 1.44. The van der Waals surface area contributed by atoms with E-state index in [1.165, 1.54) is 5.56 Å². The molecule has 1 atom stereocenters. The molecule has 0 amide bonds. The van der Waals surface area contributed by atoms with E-state index in [1.54, 1.807) is 0 Å². The SMILES string of the molecule is [AlH3].[CH2]C(C)c1ccccc1. The van der Waals surface area contributed by atoms with Crippen LogP contribution in [0.15, 0.2) is 30.3 Å². The first-order valence-corrected chi connectivity index (χ1v) is 3.18. The van der Waals surface area contributed by atoms with E-state index in [-0.39, 0.29) is 17.4 Å². The molecule has 0 heterocycles. The molecule has 0 aliphatic carbocycles. The van der Waals surface area contributed by atoms with Crippen LogP contribution in [0.25, 0.3) is 0 Å². The molecule has 0 bridgehead atoms. The minimum Gasteiger partial charge on any atom is -0.0622 e. The van der Waals surface area contributed by atoms with Gasteiger partial charge in [-0.2, -0.15) is 0 Å². The smallest absolute Gasteiger partial charge is 0.0622 e. The third-order valence-electron chi connectivity index (χ3n) is 1.37. The van der Waals surface area contributed by atoms with E-state index < -0.39 is 0 Å². The molecule has 1 radical (unpaired) electrons. The van der Waals surface area contributed by atoms with Crippen LogP contribution >= 0.6 is 0 Å². The van der Waals surface area contributed by atoms with Crippen LogP contribution < -0.4 is 0 Å². The van der Waals surface area contributed by atoms with Gasteiger partial charge in [-0.05, 0) is 18.4 Å². The van der Waals surface area contributed by atoms with Crippen LogP contribution in [-0.2, 0) is 0 Å². The molecule has 0 fully saturated rings. The molecule has 0 spiro atoms. The molecule has 1 aromatic carbocycles. The molecular formula is C9H14Al. The Labute approximate surface area is 73.4 Å². The van der Waals surface area contributed by atoms with Crippen molar-refractivity contribution >= 4 is 17.4 Å².